The molecule has 0 aromatic heterocycles. The van der Waals surface area contributed by atoms with Gasteiger partial charge in [-0.1, -0.05) is 12.1 Å². The number of hydrogen-bond acceptors (Lipinski definition) is 5. The Kier molecular flexibility index (Phi) is 7.23. The Morgan fingerprint density at radius 1 is 1.13 bits per heavy atom. The predicted octanol–water partition coefficient (Wildman–Crippen LogP) is 2.87. The van der Waals surface area contributed by atoms with Crippen LogP contribution in [0.15, 0.2) is 53.4 Å². The maximum absolute atomic E-state index is 12.6. The summed E-state index contributed by atoms with van der Waals surface area (Å²) in [4.78, 5) is 26.6. The number of carbonyl (C=O) groups is 2. The van der Waals surface area contributed by atoms with Gasteiger partial charge in [0, 0.05) is 37.9 Å². The highest BCUT2D eigenvalue weighted by atomic mass is 32.2. The lowest BCUT2D eigenvalue weighted by atomic mass is 10.1. The summed E-state index contributed by atoms with van der Waals surface area (Å²) in [5.41, 5.74) is 1.93. The van der Waals surface area contributed by atoms with Crippen LogP contribution in [0.2, 0.25) is 0 Å². The van der Waals surface area contributed by atoms with Gasteiger partial charge in [0.1, 0.15) is 0 Å². The van der Waals surface area contributed by atoms with Crippen LogP contribution in [0, 0.1) is 0 Å². The summed E-state index contributed by atoms with van der Waals surface area (Å²) in [6, 6.07) is 13.2. The standard InChI is InChI=1S/C22H26N2O5S/c1-29-13-14-30(27,28)20-10-8-18(9-11-20)22(26)23-19-6-4-5-17(15-19)16-24-12-3-2-7-21(24)25/h4-6,8-11,15H,2-3,7,12-14,16H2,1H3,(H,23,26). The maximum atomic E-state index is 12.6. The molecule has 160 valence electrons. The van der Waals surface area contributed by atoms with Crippen LogP contribution in [0.4, 0.5) is 5.69 Å². The number of ether oxygens (including phenoxy) is 1. The van der Waals surface area contributed by atoms with Gasteiger partial charge in [0.2, 0.25) is 5.91 Å². The molecule has 2 aromatic carbocycles. The Morgan fingerprint density at radius 2 is 1.90 bits per heavy atom. The monoisotopic (exact) mass is 430 g/mol. The van der Waals surface area contributed by atoms with Crippen molar-refractivity contribution in [2.24, 2.45) is 0 Å². The zero-order valence-electron chi connectivity index (χ0n) is 17.0. The summed E-state index contributed by atoms with van der Waals surface area (Å²) in [6.45, 7) is 1.40. The summed E-state index contributed by atoms with van der Waals surface area (Å²) in [7, 11) is -1.99. The van der Waals surface area contributed by atoms with E-state index in [2.05, 4.69) is 5.32 Å². The lowest BCUT2D eigenvalue weighted by Gasteiger charge is -2.26. The summed E-state index contributed by atoms with van der Waals surface area (Å²) in [6.07, 6.45) is 2.55. The number of anilines is 1. The number of rotatable bonds is 8. The number of amides is 2. The van der Waals surface area contributed by atoms with Crippen molar-refractivity contribution >= 4 is 27.3 Å². The second kappa shape index (κ2) is 9.86. The molecule has 30 heavy (non-hydrogen) atoms. The van der Waals surface area contributed by atoms with Crippen molar-refractivity contribution in [3.8, 4) is 0 Å². The molecule has 8 heteroatoms. The highest BCUT2D eigenvalue weighted by Gasteiger charge is 2.18. The van der Waals surface area contributed by atoms with Crippen LogP contribution in [-0.4, -0.2) is 51.1 Å². The van der Waals surface area contributed by atoms with E-state index in [1.54, 1.807) is 6.07 Å². The van der Waals surface area contributed by atoms with Crippen molar-refractivity contribution in [2.75, 3.05) is 31.3 Å². The van der Waals surface area contributed by atoms with Crippen LogP contribution in [0.25, 0.3) is 0 Å². The molecule has 0 atom stereocenters. The maximum Gasteiger partial charge on any atom is 0.255 e. The van der Waals surface area contributed by atoms with E-state index in [4.69, 9.17) is 4.74 Å². The molecular formula is C22H26N2O5S. The van der Waals surface area contributed by atoms with Gasteiger partial charge in [-0.2, -0.15) is 0 Å². The van der Waals surface area contributed by atoms with Gasteiger partial charge in [0.05, 0.1) is 17.3 Å². The lowest BCUT2D eigenvalue weighted by Crippen LogP contribution is -2.34. The first-order valence-electron chi connectivity index (χ1n) is 9.89. The summed E-state index contributed by atoms with van der Waals surface area (Å²) in [5, 5.41) is 2.83. The molecular weight excluding hydrogens is 404 g/mol. The molecule has 1 fully saturated rings. The average molecular weight is 431 g/mol. The minimum atomic E-state index is -3.44. The SMILES string of the molecule is COCCS(=O)(=O)c1ccc(C(=O)Nc2cccc(CN3CCCCC3=O)c2)cc1. The van der Waals surface area contributed by atoms with Gasteiger partial charge in [-0.05, 0) is 54.8 Å². The zero-order valence-corrected chi connectivity index (χ0v) is 17.8. The number of methoxy groups -OCH3 is 1. The van der Waals surface area contributed by atoms with Crippen molar-refractivity contribution < 1.29 is 22.7 Å². The fourth-order valence-corrected chi connectivity index (χ4v) is 4.50. The first kappa shape index (κ1) is 22.0. The average Bonchev–Trinajstić information content (AvgIpc) is 2.74. The number of carbonyl (C=O) groups excluding carboxylic acids is 2. The number of nitrogens with zero attached hydrogens (tertiary/aromatic N) is 1. The van der Waals surface area contributed by atoms with Crippen molar-refractivity contribution in [3.05, 3.63) is 59.7 Å². The molecule has 1 aliphatic heterocycles. The molecule has 0 aliphatic carbocycles. The van der Waals surface area contributed by atoms with E-state index in [0.29, 0.717) is 24.2 Å². The van der Waals surface area contributed by atoms with Crippen LogP contribution in [-0.2, 0) is 25.9 Å². The summed E-state index contributed by atoms with van der Waals surface area (Å²) in [5.74, 6) is -0.278. The predicted molar refractivity (Wildman–Crippen MR) is 114 cm³/mol. The van der Waals surface area contributed by atoms with Crippen LogP contribution in [0.3, 0.4) is 0 Å². The third kappa shape index (κ3) is 5.67. The van der Waals surface area contributed by atoms with Crippen molar-refractivity contribution in [2.45, 2.75) is 30.7 Å². The van der Waals surface area contributed by atoms with Crippen LogP contribution in [0.1, 0.15) is 35.2 Å². The van der Waals surface area contributed by atoms with E-state index < -0.39 is 9.84 Å². The highest BCUT2D eigenvalue weighted by molar-refractivity contribution is 7.91. The first-order chi connectivity index (χ1) is 14.4. The number of likely N-dealkylation sites (tertiary alicyclic amines) is 1. The molecule has 2 amide bonds. The Bertz CT molecular complexity index is 1000. The van der Waals surface area contributed by atoms with E-state index in [1.807, 2.05) is 23.1 Å². The molecule has 1 aliphatic rings. The molecule has 0 radical (unpaired) electrons. The van der Waals surface area contributed by atoms with Crippen LogP contribution >= 0.6 is 0 Å². The molecule has 2 aromatic rings. The van der Waals surface area contributed by atoms with Gasteiger partial charge >= 0.3 is 0 Å². The Balaban J connectivity index is 1.65. The smallest absolute Gasteiger partial charge is 0.255 e. The largest absolute Gasteiger partial charge is 0.384 e. The van der Waals surface area contributed by atoms with Gasteiger partial charge in [-0.15, -0.1) is 0 Å². The fraction of sp³-hybridized carbons (Fsp3) is 0.364. The fourth-order valence-electron chi connectivity index (χ4n) is 3.32. The van der Waals surface area contributed by atoms with E-state index >= 15 is 0 Å². The minimum Gasteiger partial charge on any atom is -0.384 e. The number of nitrogens with one attached hydrogen (secondary N) is 1. The number of hydrogen-bond donors (Lipinski definition) is 1. The van der Waals surface area contributed by atoms with E-state index in [9.17, 15) is 18.0 Å². The van der Waals surface area contributed by atoms with E-state index in [-0.39, 0.29) is 29.1 Å². The molecule has 7 nitrogen and oxygen atoms in total. The Labute approximate surface area is 177 Å². The van der Waals surface area contributed by atoms with Crippen molar-refractivity contribution in [1.29, 1.82) is 0 Å². The van der Waals surface area contributed by atoms with E-state index in [1.165, 1.54) is 31.4 Å². The van der Waals surface area contributed by atoms with Gasteiger partial charge in [0.25, 0.3) is 5.91 Å². The molecule has 0 bridgehead atoms. The normalized spacial score (nSPS) is 14.6. The van der Waals surface area contributed by atoms with Gasteiger partial charge in [0.15, 0.2) is 9.84 Å². The highest BCUT2D eigenvalue weighted by Crippen LogP contribution is 2.18. The molecule has 0 saturated carbocycles. The molecule has 0 unspecified atom stereocenters. The topological polar surface area (TPSA) is 92.8 Å². The van der Waals surface area contributed by atoms with Gasteiger partial charge in [-0.25, -0.2) is 8.42 Å². The Morgan fingerprint density at radius 3 is 2.60 bits per heavy atom. The van der Waals surface area contributed by atoms with Crippen LogP contribution < -0.4 is 5.32 Å². The quantitative estimate of drug-likeness (QED) is 0.695. The minimum absolute atomic E-state index is 0.110. The van der Waals surface area contributed by atoms with E-state index in [0.717, 1.165) is 24.9 Å². The third-order valence-corrected chi connectivity index (χ3v) is 6.71. The van der Waals surface area contributed by atoms with Crippen LogP contribution in [0.5, 0.6) is 0 Å². The van der Waals surface area contributed by atoms with Crippen molar-refractivity contribution in [3.63, 3.8) is 0 Å². The molecule has 0 spiro atoms. The molecule has 1 N–H and O–H groups in total. The number of piperidine rings is 1. The zero-order chi connectivity index (χ0) is 21.6. The summed E-state index contributed by atoms with van der Waals surface area (Å²) < 4.78 is 29.2. The lowest BCUT2D eigenvalue weighted by molar-refractivity contribution is -0.133. The van der Waals surface area contributed by atoms with Gasteiger partial charge < -0.3 is 15.0 Å². The number of sulfone groups is 1. The molecule has 1 saturated heterocycles. The Hall–Kier alpha value is -2.71. The summed E-state index contributed by atoms with van der Waals surface area (Å²) >= 11 is 0. The second-order valence-electron chi connectivity index (χ2n) is 7.26. The molecule has 1 heterocycles. The molecule has 3 rings (SSSR count). The third-order valence-electron chi connectivity index (χ3n) is 5.01. The first-order valence-corrected chi connectivity index (χ1v) is 11.5. The van der Waals surface area contributed by atoms with Crippen molar-refractivity contribution in [1.82, 2.24) is 4.90 Å². The van der Waals surface area contributed by atoms with Gasteiger partial charge in [-0.3, -0.25) is 9.59 Å². The second-order valence-corrected chi connectivity index (χ2v) is 9.37. The number of benzene rings is 2.